The molecule has 9 nitrogen and oxygen atoms in total. The number of nitrogens with two attached hydrogens (primary N) is 1. The number of benzene rings is 1. The van der Waals surface area contributed by atoms with Crippen LogP contribution in [0.5, 0.6) is 0 Å². The lowest BCUT2D eigenvalue weighted by atomic mass is 10.3. The zero-order valence-corrected chi connectivity index (χ0v) is 13.0. The molecular weight excluding hydrogens is 318 g/mol. The van der Waals surface area contributed by atoms with Crippen molar-refractivity contribution in [2.24, 2.45) is 15.8 Å². The van der Waals surface area contributed by atoms with Crippen LogP contribution in [-0.4, -0.2) is 34.4 Å². The molecule has 2 aliphatic heterocycles. The Labute approximate surface area is 136 Å². The molecule has 10 heteroatoms. The van der Waals surface area contributed by atoms with Crippen LogP contribution in [0.4, 0.5) is 5.69 Å². The number of anilines is 1. The number of amides is 2. The molecule has 1 aromatic rings. The highest BCUT2D eigenvalue weighted by atomic mass is 32.2. The molecular formula is C13H15N7O2S. The first-order valence-corrected chi connectivity index (χ1v) is 7.74. The Kier molecular flexibility index (Phi) is 4.17. The number of rotatable bonds is 3. The Morgan fingerprint density at radius 2 is 2.13 bits per heavy atom. The highest BCUT2D eigenvalue weighted by Gasteiger charge is 2.40. The number of amidine groups is 1. The maximum absolute atomic E-state index is 12.7. The predicted molar refractivity (Wildman–Crippen MR) is 88.2 cm³/mol. The average molecular weight is 333 g/mol. The summed E-state index contributed by atoms with van der Waals surface area (Å²) in [5.41, 5.74) is 11.2. The van der Waals surface area contributed by atoms with Gasteiger partial charge in [-0.05, 0) is 12.1 Å². The third-order valence-corrected chi connectivity index (χ3v) is 4.22. The Hall–Kier alpha value is -2.59. The molecule has 0 bridgehead atoms. The summed E-state index contributed by atoms with van der Waals surface area (Å²) in [4.78, 5) is 28.2. The van der Waals surface area contributed by atoms with Crippen LogP contribution in [0.15, 0.2) is 40.4 Å². The molecule has 23 heavy (non-hydrogen) atoms. The molecule has 3 rings (SSSR count). The second kappa shape index (κ2) is 6.26. The van der Waals surface area contributed by atoms with Gasteiger partial charge in [0.25, 0.3) is 5.91 Å². The topological polar surface area (TPSA) is 124 Å². The number of guanidine groups is 1. The molecule has 1 aromatic carbocycles. The number of hydrazine groups is 1. The van der Waals surface area contributed by atoms with Crippen molar-refractivity contribution in [2.75, 3.05) is 5.01 Å². The van der Waals surface area contributed by atoms with Crippen LogP contribution in [0.1, 0.15) is 6.92 Å². The third-order valence-electron chi connectivity index (χ3n) is 3.04. The summed E-state index contributed by atoms with van der Waals surface area (Å²) >= 11 is 1.20. The summed E-state index contributed by atoms with van der Waals surface area (Å²) < 4.78 is 0. The minimum Gasteiger partial charge on any atom is -0.369 e. The molecule has 0 aliphatic carbocycles. The van der Waals surface area contributed by atoms with Crippen LogP contribution in [0.25, 0.3) is 0 Å². The Balaban J connectivity index is 1.84. The van der Waals surface area contributed by atoms with E-state index in [1.54, 1.807) is 12.1 Å². The molecule has 0 aromatic heterocycles. The second-order valence-corrected chi connectivity index (χ2v) is 5.99. The monoisotopic (exact) mass is 333 g/mol. The SMILES string of the molecule is CC(=O)NC1=NN(c2ccccc2)C(=O)[C@@H]1S[C@H]1N=C(N)NN1. The van der Waals surface area contributed by atoms with E-state index in [0.717, 1.165) is 0 Å². The fourth-order valence-electron chi connectivity index (χ4n) is 2.11. The summed E-state index contributed by atoms with van der Waals surface area (Å²) in [6.45, 7) is 1.37. The van der Waals surface area contributed by atoms with E-state index in [0.29, 0.717) is 5.69 Å². The number of carbonyl (C=O) groups is 2. The number of carbonyl (C=O) groups excluding carboxylic acids is 2. The number of aliphatic imine (C=N–C) groups is 1. The van der Waals surface area contributed by atoms with Crippen LogP contribution in [0.2, 0.25) is 0 Å². The molecule has 0 fully saturated rings. The molecule has 0 saturated carbocycles. The zero-order valence-electron chi connectivity index (χ0n) is 12.2. The molecule has 2 heterocycles. The highest BCUT2D eigenvalue weighted by molar-refractivity contribution is 8.02. The molecule has 0 saturated heterocycles. The molecule has 0 radical (unpaired) electrons. The van der Waals surface area contributed by atoms with E-state index in [1.165, 1.54) is 23.7 Å². The fraction of sp³-hybridized carbons (Fsp3) is 0.231. The van der Waals surface area contributed by atoms with Crippen molar-refractivity contribution in [3.63, 3.8) is 0 Å². The molecule has 120 valence electrons. The number of nitrogens with one attached hydrogen (secondary N) is 3. The van der Waals surface area contributed by atoms with E-state index in [-0.39, 0.29) is 23.6 Å². The van der Waals surface area contributed by atoms with Gasteiger partial charge in [-0.3, -0.25) is 15.0 Å². The number of nitrogens with zero attached hydrogens (tertiary/aromatic N) is 3. The van der Waals surface area contributed by atoms with Crippen molar-refractivity contribution in [2.45, 2.75) is 17.7 Å². The van der Waals surface area contributed by atoms with Crippen LogP contribution in [0, 0.1) is 0 Å². The predicted octanol–water partition coefficient (Wildman–Crippen LogP) is -0.709. The number of hydrogen-bond donors (Lipinski definition) is 4. The van der Waals surface area contributed by atoms with E-state index in [9.17, 15) is 9.59 Å². The van der Waals surface area contributed by atoms with Crippen LogP contribution >= 0.6 is 11.8 Å². The van der Waals surface area contributed by atoms with E-state index >= 15 is 0 Å². The Morgan fingerprint density at radius 3 is 2.74 bits per heavy atom. The number of thioether (sulfide) groups is 1. The minimum atomic E-state index is -0.687. The third kappa shape index (κ3) is 3.27. The standard InChI is InChI=1S/C13H15N7O2S/c1-7(21)15-10-9(23-13-16-12(14)17-18-13)11(22)20(19-10)8-5-3-2-4-6-8/h2-6,9,13,18H,1H3,(H3,14,16,17)(H,15,19,21)/t9-,13+/m1/s1. The van der Waals surface area contributed by atoms with Gasteiger partial charge in [0, 0.05) is 6.92 Å². The van der Waals surface area contributed by atoms with Gasteiger partial charge in [-0.1, -0.05) is 30.0 Å². The summed E-state index contributed by atoms with van der Waals surface area (Å²) in [6.07, 6.45) is 0. The lowest BCUT2D eigenvalue weighted by Crippen LogP contribution is -2.42. The minimum absolute atomic E-state index is 0.242. The summed E-state index contributed by atoms with van der Waals surface area (Å²) in [5, 5.41) is 7.44. The average Bonchev–Trinajstić information content (AvgIpc) is 3.06. The van der Waals surface area contributed by atoms with Gasteiger partial charge in [-0.15, -0.1) is 5.10 Å². The fourth-order valence-corrected chi connectivity index (χ4v) is 3.12. The van der Waals surface area contributed by atoms with Crippen molar-refractivity contribution in [3.05, 3.63) is 30.3 Å². The van der Waals surface area contributed by atoms with Crippen molar-refractivity contribution in [1.29, 1.82) is 0 Å². The van der Waals surface area contributed by atoms with E-state index in [1.807, 2.05) is 18.2 Å². The second-order valence-electron chi connectivity index (χ2n) is 4.80. The highest BCUT2D eigenvalue weighted by Crippen LogP contribution is 2.28. The van der Waals surface area contributed by atoms with Gasteiger partial charge in [-0.2, -0.15) is 5.01 Å². The molecule has 2 atom stereocenters. The number of para-hydroxylation sites is 1. The first kappa shape index (κ1) is 15.3. The maximum Gasteiger partial charge on any atom is 0.268 e. The van der Waals surface area contributed by atoms with Crippen molar-refractivity contribution >= 4 is 41.1 Å². The van der Waals surface area contributed by atoms with Gasteiger partial charge >= 0.3 is 0 Å². The summed E-state index contributed by atoms with van der Waals surface area (Å²) in [7, 11) is 0. The number of hydrogen-bond acceptors (Lipinski definition) is 8. The molecule has 5 N–H and O–H groups in total. The van der Waals surface area contributed by atoms with E-state index in [4.69, 9.17) is 5.73 Å². The lowest BCUT2D eigenvalue weighted by Gasteiger charge is -2.15. The normalized spacial score (nSPS) is 23.3. The molecule has 0 unspecified atom stereocenters. The van der Waals surface area contributed by atoms with Gasteiger partial charge in [0.05, 0.1) is 5.69 Å². The van der Waals surface area contributed by atoms with Crippen LogP contribution < -0.4 is 26.9 Å². The molecule has 2 amide bonds. The summed E-state index contributed by atoms with van der Waals surface area (Å²) in [6, 6.07) is 9.01. The Morgan fingerprint density at radius 1 is 1.39 bits per heavy atom. The molecule has 0 spiro atoms. The van der Waals surface area contributed by atoms with Crippen LogP contribution in [-0.2, 0) is 9.59 Å². The van der Waals surface area contributed by atoms with Gasteiger partial charge in [0.15, 0.2) is 11.3 Å². The smallest absolute Gasteiger partial charge is 0.268 e. The first-order valence-electron chi connectivity index (χ1n) is 6.80. The quantitative estimate of drug-likeness (QED) is 0.579. The molecule has 2 aliphatic rings. The van der Waals surface area contributed by atoms with Crippen molar-refractivity contribution in [1.82, 2.24) is 16.2 Å². The van der Waals surface area contributed by atoms with E-state index in [2.05, 4.69) is 26.3 Å². The van der Waals surface area contributed by atoms with Crippen LogP contribution in [0.3, 0.4) is 0 Å². The van der Waals surface area contributed by atoms with Crippen molar-refractivity contribution in [3.8, 4) is 0 Å². The first-order chi connectivity index (χ1) is 11.0. The number of hydrazone groups is 1. The van der Waals surface area contributed by atoms with E-state index < -0.39 is 10.7 Å². The summed E-state index contributed by atoms with van der Waals surface area (Å²) in [5.74, 6) is -0.0327. The Bertz CT molecular complexity index is 691. The maximum atomic E-state index is 12.7. The largest absolute Gasteiger partial charge is 0.369 e. The van der Waals surface area contributed by atoms with Gasteiger partial charge in [0.1, 0.15) is 5.25 Å². The lowest BCUT2D eigenvalue weighted by molar-refractivity contribution is -0.117. The van der Waals surface area contributed by atoms with Gasteiger partial charge < -0.3 is 11.1 Å². The van der Waals surface area contributed by atoms with Gasteiger partial charge in [0.2, 0.25) is 11.9 Å². The zero-order chi connectivity index (χ0) is 16.4. The van der Waals surface area contributed by atoms with Crippen molar-refractivity contribution < 1.29 is 9.59 Å². The van der Waals surface area contributed by atoms with Gasteiger partial charge in [-0.25, -0.2) is 10.4 Å².